The van der Waals surface area contributed by atoms with Crippen LogP contribution < -0.4 is 9.62 Å². The number of aryl methyl sites for hydroxylation is 1. The minimum atomic E-state index is -3.58. The number of unbranched alkanes of at least 4 members (excludes halogenated alkanes) is 1. The monoisotopic (exact) mass is 631 g/mol. The highest BCUT2D eigenvalue weighted by atomic mass is 35.5. The Morgan fingerprint density at radius 1 is 0.905 bits per heavy atom. The molecule has 0 heterocycles. The molecular formula is C32H39Cl2N3O4S. The van der Waals surface area contributed by atoms with Crippen LogP contribution >= 0.6 is 23.2 Å². The molecule has 226 valence electrons. The molecule has 0 radical (unpaired) electrons. The summed E-state index contributed by atoms with van der Waals surface area (Å²) in [7, 11) is -3.58. The Balaban J connectivity index is 1.89. The fourth-order valence-corrected chi connectivity index (χ4v) is 5.96. The Kier molecular flexibility index (Phi) is 12.7. The maximum Gasteiger partial charge on any atom is 0.243 e. The van der Waals surface area contributed by atoms with Crippen LogP contribution in [0.4, 0.5) is 5.69 Å². The van der Waals surface area contributed by atoms with E-state index in [0.29, 0.717) is 28.7 Å². The largest absolute Gasteiger partial charge is 0.354 e. The molecule has 0 spiro atoms. The van der Waals surface area contributed by atoms with Gasteiger partial charge in [0.15, 0.2) is 0 Å². The fourth-order valence-electron chi connectivity index (χ4n) is 4.68. The van der Waals surface area contributed by atoms with E-state index in [0.717, 1.165) is 35.8 Å². The molecule has 7 nitrogen and oxygen atoms in total. The summed E-state index contributed by atoms with van der Waals surface area (Å²) >= 11 is 12.4. The standard InChI is InChI=1S/C32H39Cl2N3O4S/c1-4-5-18-35-32(39)30(22-25-12-7-6-8-13-25)36(23-26-16-17-28(33)29(34)21-26)31(38)15-10-19-37(42(3,40)41)27-14-9-11-24(2)20-27/h6-9,11-14,16-17,20-21,30H,4-5,10,15,18-19,22-23H2,1-3H3,(H,35,39)/t30-/m0/s1. The van der Waals surface area contributed by atoms with Crippen molar-refractivity contribution in [2.24, 2.45) is 0 Å². The predicted octanol–water partition coefficient (Wildman–Crippen LogP) is 6.40. The third kappa shape index (κ3) is 10.0. The van der Waals surface area contributed by atoms with E-state index in [2.05, 4.69) is 5.32 Å². The second-order valence-corrected chi connectivity index (χ2v) is 13.1. The van der Waals surface area contributed by atoms with Gasteiger partial charge >= 0.3 is 0 Å². The molecule has 0 aliphatic heterocycles. The zero-order chi connectivity index (χ0) is 30.7. The normalized spacial score (nSPS) is 12.0. The summed E-state index contributed by atoms with van der Waals surface area (Å²) in [6.45, 7) is 4.72. The van der Waals surface area contributed by atoms with Gasteiger partial charge in [-0.05, 0) is 60.7 Å². The summed E-state index contributed by atoms with van der Waals surface area (Å²) in [5, 5.41) is 3.75. The number of carbonyl (C=O) groups is 2. The van der Waals surface area contributed by atoms with Gasteiger partial charge in [-0.15, -0.1) is 0 Å². The zero-order valence-electron chi connectivity index (χ0n) is 24.4. The summed E-state index contributed by atoms with van der Waals surface area (Å²) in [5.74, 6) is -0.497. The van der Waals surface area contributed by atoms with Crippen LogP contribution in [0, 0.1) is 6.92 Å². The van der Waals surface area contributed by atoms with Crippen molar-refractivity contribution >= 4 is 50.7 Å². The minimum absolute atomic E-state index is 0.0483. The number of benzene rings is 3. The SMILES string of the molecule is CCCCNC(=O)[C@H](Cc1ccccc1)N(Cc1ccc(Cl)c(Cl)c1)C(=O)CCCN(c1cccc(C)c1)S(C)(=O)=O. The molecule has 3 rings (SSSR count). The summed E-state index contributed by atoms with van der Waals surface area (Å²) in [5.41, 5.74) is 3.13. The van der Waals surface area contributed by atoms with E-state index in [9.17, 15) is 18.0 Å². The molecule has 0 aliphatic carbocycles. The first-order chi connectivity index (χ1) is 20.0. The van der Waals surface area contributed by atoms with Crippen molar-refractivity contribution in [2.75, 3.05) is 23.7 Å². The number of hydrogen-bond acceptors (Lipinski definition) is 4. The van der Waals surface area contributed by atoms with E-state index in [-0.39, 0.29) is 37.7 Å². The third-order valence-corrected chi connectivity index (χ3v) is 8.81. The van der Waals surface area contributed by atoms with Gasteiger partial charge < -0.3 is 10.2 Å². The highest BCUT2D eigenvalue weighted by Crippen LogP contribution is 2.25. The smallest absolute Gasteiger partial charge is 0.243 e. The molecule has 0 aromatic heterocycles. The van der Waals surface area contributed by atoms with Gasteiger partial charge in [0.1, 0.15) is 6.04 Å². The average molecular weight is 633 g/mol. The number of halogens is 2. The second-order valence-electron chi connectivity index (χ2n) is 10.4. The molecule has 2 amide bonds. The van der Waals surface area contributed by atoms with Crippen LogP contribution in [0.15, 0.2) is 72.8 Å². The molecular weight excluding hydrogens is 593 g/mol. The maximum absolute atomic E-state index is 13.9. The molecule has 0 aliphatic rings. The van der Waals surface area contributed by atoms with Crippen molar-refractivity contribution in [3.63, 3.8) is 0 Å². The number of rotatable bonds is 15. The van der Waals surface area contributed by atoms with Crippen molar-refractivity contribution < 1.29 is 18.0 Å². The van der Waals surface area contributed by atoms with Crippen LogP contribution in [-0.4, -0.2) is 50.5 Å². The molecule has 1 N–H and O–H groups in total. The lowest BCUT2D eigenvalue weighted by Gasteiger charge is -2.32. The Bertz CT molecular complexity index is 1450. The highest BCUT2D eigenvalue weighted by Gasteiger charge is 2.30. The van der Waals surface area contributed by atoms with E-state index in [1.54, 1.807) is 41.3 Å². The number of hydrogen-bond donors (Lipinski definition) is 1. The topological polar surface area (TPSA) is 86.8 Å². The molecule has 42 heavy (non-hydrogen) atoms. The Hall–Kier alpha value is -3.07. The number of carbonyl (C=O) groups excluding carboxylic acids is 2. The van der Waals surface area contributed by atoms with Crippen molar-refractivity contribution in [3.8, 4) is 0 Å². The molecule has 0 saturated carbocycles. The van der Waals surface area contributed by atoms with Gasteiger partial charge in [-0.3, -0.25) is 13.9 Å². The molecule has 0 fully saturated rings. The van der Waals surface area contributed by atoms with Gasteiger partial charge in [-0.2, -0.15) is 0 Å². The first-order valence-corrected chi connectivity index (χ1v) is 16.7. The molecule has 3 aromatic rings. The summed E-state index contributed by atoms with van der Waals surface area (Å²) in [6.07, 6.45) is 3.55. The van der Waals surface area contributed by atoms with Crippen LogP contribution in [0.2, 0.25) is 10.0 Å². The summed E-state index contributed by atoms with van der Waals surface area (Å²) in [4.78, 5) is 29.1. The number of nitrogens with zero attached hydrogens (tertiary/aromatic N) is 2. The lowest BCUT2D eigenvalue weighted by atomic mass is 10.0. The molecule has 0 saturated heterocycles. The van der Waals surface area contributed by atoms with Crippen molar-refractivity contribution in [1.29, 1.82) is 0 Å². The third-order valence-electron chi connectivity index (χ3n) is 6.88. The second kappa shape index (κ2) is 16.0. The summed E-state index contributed by atoms with van der Waals surface area (Å²) in [6, 6.07) is 21.2. The van der Waals surface area contributed by atoms with Crippen molar-refractivity contribution in [1.82, 2.24) is 10.2 Å². The van der Waals surface area contributed by atoms with Crippen molar-refractivity contribution in [2.45, 2.75) is 58.5 Å². The van der Waals surface area contributed by atoms with Crippen LogP contribution in [0.1, 0.15) is 49.3 Å². The molecule has 0 unspecified atom stereocenters. The van der Waals surface area contributed by atoms with Gasteiger partial charge in [0.05, 0.1) is 22.0 Å². The van der Waals surface area contributed by atoms with Gasteiger partial charge in [-0.25, -0.2) is 8.42 Å². The highest BCUT2D eigenvalue weighted by molar-refractivity contribution is 7.92. The first kappa shape index (κ1) is 33.4. The molecule has 0 bridgehead atoms. The van der Waals surface area contributed by atoms with Crippen molar-refractivity contribution in [3.05, 3.63) is 99.5 Å². The minimum Gasteiger partial charge on any atom is -0.354 e. The predicted molar refractivity (Wildman–Crippen MR) is 171 cm³/mol. The number of anilines is 1. The Morgan fingerprint density at radius 2 is 1.64 bits per heavy atom. The van der Waals surface area contributed by atoms with Crippen LogP contribution in [0.25, 0.3) is 0 Å². The van der Waals surface area contributed by atoms with E-state index >= 15 is 0 Å². The van der Waals surface area contributed by atoms with Gasteiger partial charge in [0.2, 0.25) is 21.8 Å². The molecule has 3 aromatic carbocycles. The lowest BCUT2D eigenvalue weighted by Crippen LogP contribution is -2.50. The van der Waals surface area contributed by atoms with Gasteiger partial charge in [-0.1, -0.05) is 85.1 Å². The fraction of sp³-hybridized carbons (Fsp3) is 0.375. The number of nitrogens with one attached hydrogen (secondary N) is 1. The Morgan fingerprint density at radius 3 is 2.29 bits per heavy atom. The van der Waals surface area contributed by atoms with Crippen LogP contribution in [0.3, 0.4) is 0 Å². The van der Waals surface area contributed by atoms with E-state index in [1.807, 2.05) is 50.2 Å². The first-order valence-electron chi connectivity index (χ1n) is 14.1. The van der Waals surface area contributed by atoms with Gasteiger partial charge in [0.25, 0.3) is 0 Å². The van der Waals surface area contributed by atoms with E-state index in [1.165, 1.54) is 4.31 Å². The lowest BCUT2D eigenvalue weighted by molar-refractivity contribution is -0.141. The molecule has 1 atom stereocenters. The summed E-state index contributed by atoms with van der Waals surface area (Å²) < 4.78 is 26.6. The van der Waals surface area contributed by atoms with E-state index in [4.69, 9.17) is 23.2 Å². The van der Waals surface area contributed by atoms with Gasteiger partial charge in [0, 0.05) is 32.5 Å². The Labute approximate surface area is 259 Å². The van der Waals surface area contributed by atoms with Crippen LogP contribution in [0.5, 0.6) is 0 Å². The zero-order valence-corrected chi connectivity index (χ0v) is 26.7. The number of amides is 2. The van der Waals surface area contributed by atoms with Crippen LogP contribution in [-0.2, 0) is 32.6 Å². The average Bonchev–Trinajstić information content (AvgIpc) is 2.94. The van der Waals surface area contributed by atoms with E-state index < -0.39 is 16.1 Å². The number of sulfonamides is 1. The maximum atomic E-state index is 13.9. The molecule has 10 heteroatoms. The quantitative estimate of drug-likeness (QED) is 0.197.